The van der Waals surface area contributed by atoms with Crippen LogP contribution in [0.5, 0.6) is 5.75 Å². The fraction of sp³-hybridized carbons (Fsp3) is 0.100. The molecule has 3 aromatic rings. The first kappa shape index (κ1) is 15.2. The zero-order chi connectivity index (χ0) is 16.2. The summed E-state index contributed by atoms with van der Waals surface area (Å²) in [6.45, 7) is -0.728. The molecule has 0 aromatic heterocycles. The first-order valence-electron chi connectivity index (χ1n) is 7.35. The first-order valence-corrected chi connectivity index (χ1v) is 7.35. The molecule has 3 rings (SSSR count). The molecule has 0 heterocycles. The lowest BCUT2D eigenvalue weighted by molar-refractivity contribution is -0.0498. The average Bonchev–Trinajstić information content (AvgIpc) is 2.56. The Balaban J connectivity index is 1.88. The highest BCUT2D eigenvalue weighted by Crippen LogP contribution is 2.29. The second-order valence-electron chi connectivity index (χ2n) is 5.30. The van der Waals surface area contributed by atoms with Crippen molar-refractivity contribution in [3.63, 3.8) is 0 Å². The van der Waals surface area contributed by atoms with Crippen molar-refractivity contribution < 1.29 is 13.5 Å². The Bertz CT molecular complexity index is 780. The van der Waals surface area contributed by atoms with E-state index in [0.29, 0.717) is 0 Å². The Morgan fingerprint density at radius 1 is 0.739 bits per heavy atom. The third-order valence-electron chi connectivity index (χ3n) is 3.72. The Labute approximate surface area is 134 Å². The van der Waals surface area contributed by atoms with Crippen LogP contribution in [0.25, 0.3) is 22.3 Å². The quantitative estimate of drug-likeness (QED) is 0.580. The second kappa shape index (κ2) is 6.61. The molecule has 0 aliphatic heterocycles. The van der Waals surface area contributed by atoms with Crippen LogP contribution in [0.1, 0.15) is 5.56 Å². The molecular weight excluding hydrogens is 294 g/mol. The lowest BCUT2D eigenvalue weighted by atomic mass is 9.96. The van der Waals surface area contributed by atoms with Gasteiger partial charge < -0.3 is 4.74 Å². The molecule has 0 unspecified atom stereocenters. The molecular formula is C20H16F2O. The average molecular weight is 310 g/mol. The van der Waals surface area contributed by atoms with Gasteiger partial charge in [-0.2, -0.15) is 8.78 Å². The molecule has 3 aromatic carbocycles. The van der Waals surface area contributed by atoms with Gasteiger partial charge in [-0.05, 0) is 46.9 Å². The maximum absolute atomic E-state index is 12.2. The van der Waals surface area contributed by atoms with E-state index in [-0.39, 0.29) is 5.75 Å². The maximum Gasteiger partial charge on any atom is 0.387 e. The summed E-state index contributed by atoms with van der Waals surface area (Å²) in [7, 11) is 0. The largest absolute Gasteiger partial charge is 0.435 e. The van der Waals surface area contributed by atoms with Gasteiger partial charge in [0.25, 0.3) is 0 Å². The number of aryl methyl sites for hydroxylation is 1. The molecule has 0 saturated heterocycles. The third-order valence-corrected chi connectivity index (χ3v) is 3.72. The van der Waals surface area contributed by atoms with E-state index in [4.69, 9.17) is 0 Å². The van der Waals surface area contributed by atoms with Crippen molar-refractivity contribution in [3.8, 4) is 28.0 Å². The summed E-state index contributed by atoms with van der Waals surface area (Å²) in [5.41, 5.74) is 5.55. The smallest absolute Gasteiger partial charge is 0.387 e. The van der Waals surface area contributed by atoms with Crippen molar-refractivity contribution in [2.24, 2.45) is 0 Å². The highest BCUT2D eigenvalue weighted by molar-refractivity contribution is 5.73. The van der Waals surface area contributed by atoms with Gasteiger partial charge in [-0.15, -0.1) is 0 Å². The minimum atomic E-state index is -2.80. The lowest BCUT2D eigenvalue weighted by Gasteiger charge is -2.10. The van der Waals surface area contributed by atoms with Crippen LogP contribution >= 0.6 is 0 Å². The summed E-state index contributed by atoms with van der Waals surface area (Å²) in [6, 6.07) is 23.1. The van der Waals surface area contributed by atoms with Crippen molar-refractivity contribution in [2.45, 2.75) is 13.5 Å². The van der Waals surface area contributed by atoms with Gasteiger partial charge in [0.1, 0.15) is 5.75 Å². The number of hydrogen-bond acceptors (Lipinski definition) is 1. The highest BCUT2D eigenvalue weighted by Gasteiger charge is 2.06. The normalized spacial score (nSPS) is 10.8. The molecule has 0 N–H and O–H groups in total. The molecule has 0 spiro atoms. The Hall–Kier alpha value is -2.68. The van der Waals surface area contributed by atoms with Crippen LogP contribution in [-0.2, 0) is 0 Å². The summed E-state index contributed by atoms with van der Waals surface area (Å²) in [5.74, 6) is 0.168. The highest BCUT2D eigenvalue weighted by atomic mass is 19.3. The van der Waals surface area contributed by atoms with Crippen LogP contribution in [0, 0.1) is 6.92 Å². The van der Waals surface area contributed by atoms with Crippen LogP contribution in [0.4, 0.5) is 8.78 Å². The van der Waals surface area contributed by atoms with E-state index in [1.807, 2.05) is 24.3 Å². The van der Waals surface area contributed by atoms with Crippen molar-refractivity contribution >= 4 is 0 Å². The Kier molecular flexibility index (Phi) is 4.38. The van der Waals surface area contributed by atoms with Gasteiger partial charge in [0.05, 0.1) is 0 Å². The molecule has 23 heavy (non-hydrogen) atoms. The SMILES string of the molecule is Cc1cc(-c2ccc(OC(F)F)cc2)ccc1-c1ccccc1. The van der Waals surface area contributed by atoms with Gasteiger partial charge in [0, 0.05) is 0 Å². The number of benzene rings is 3. The van der Waals surface area contributed by atoms with Gasteiger partial charge >= 0.3 is 6.61 Å². The fourth-order valence-electron chi connectivity index (χ4n) is 2.61. The zero-order valence-electron chi connectivity index (χ0n) is 12.7. The molecule has 0 amide bonds. The van der Waals surface area contributed by atoms with Crippen LogP contribution in [-0.4, -0.2) is 6.61 Å². The molecule has 0 saturated carbocycles. The fourth-order valence-corrected chi connectivity index (χ4v) is 2.61. The summed E-state index contributed by atoms with van der Waals surface area (Å²) in [5, 5.41) is 0. The van der Waals surface area contributed by atoms with Crippen molar-refractivity contribution in [1.29, 1.82) is 0 Å². The van der Waals surface area contributed by atoms with Crippen LogP contribution in [0.15, 0.2) is 72.8 Å². The monoisotopic (exact) mass is 310 g/mol. The third kappa shape index (κ3) is 3.57. The minimum absolute atomic E-state index is 0.168. The van der Waals surface area contributed by atoms with Crippen molar-refractivity contribution in [3.05, 3.63) is 78.4 Å². The summed E-state index contributed by atoms with van der Waals surface area (Å²) < 4.78 is 28.7. The van der Waals surface area contributed by atoms with E-state index < -0.39 is 6.61 Å². The van der Waals surface area contributed by atoms with Crippen molar-refractivity contribution in [1.82, 2.24) is 0 Å². The molecule has 3 heteroatoms. The topological polar surface area (TPSA) is 9.23 Å². The molecule has 0 aliphatic carbocycles. The van der Waals surface area contributed by atoms with E-state index in [1.54, 1.807) is 24.3 Å². The molecule has 0 bridgehead atoms. The van der Waals surface area contributed by atoms with E-state index in [1.165, 1.54) is 16.7 Å². The van der Waals surface area contributed by atoms with E-state index in [9.17, 15) is 8.78 Å². The molecule has 0 radical (unpaired) electrons. The summed E-state index contributed by atoms with van der Waals surface area (Å²) in [4.78, 5) is 0. The van der Waals surface area contributed by atoms with Crippen LogP contribution in [0.2, 0.25) is 0 Å². The van der Waals surface area contributed by atoms with Crippen molar-refractivity contribution in [2.75, 3.05) is 0 Å². The molecule has 0 atom stereocenters. The number of alkyl halides is 2. The van der Waals surface area contributed by atoms with Gasteiger partial charge in [0.15, 0.2) is 0 Å². The van der Waals surface area contributed by atoms with Gasteiger partial charge in [0.2, 0.25) is 0 Å². The van der Waals surface area contributed by atoms with Gasteiger partial charge in [-0.25, -0.2) is 0 Å². The summed E-state index contributed by atoms with van der Waals surface area (Å²) in [6.07, 6.45) is 0. The molecule has 1 nitrogen and oxygen atoms in total. The Morgan fingerprint density at radius 2 is 1.39 bits per heavy atom. The minimum Gasteiger partial charge on any atom is -0.435 e. The molecule has 116 valence electrons. The predicted molar refractivity (Wildman–Crippen MR) is 88.7 cm³/mol. The van der Waals surface area contributed by atoms with Gasteiger partial charge in [-0.3, -0.25) is 0 Å². The molecule has 0 fully saturated rings. The van der Waals surface area contributed by atoms with E-state index in [0.717, 1.165) is 11.1 Å². The van der Waals surface area contributed by atoms with E-state index >= 15 is 0 Å². The zero-order valence-corrected chi connectivity index (χ0v) is 12.7. The first-order chi connectivity index (χ1) is 11.1. The summed E-state index contributed by atoms with van der Waals surface area (Å²) >= 11 is 0. The standard InChI is InChI=1S/C20H16F2O/c1-14-13-17(9-12-19(14)16-5-3-2-4-6-16)15-7-10-18(11-8-15)23-20(21)22/h2-13,20H,1H3. The maximum atomic E-state index is 12.2. The van der Waals surface area contributed by atoms with Gasteiger partial charge in [-0.1, -0.05) is 60.7 Å². The van der Waals surface area contributed by atoms with Crippen LogP contribution < -0.4 is 4.74 Å². The number of rotatable bonds is 4. The molecule has 0 aliphatic rings. The number of ether oxygens (including phenoxy) is 1. The van der Waals surface area contributed by atoms with Crippen LogP contribution in [0.3, 0.4) is 0 Å². The predicted octanol–water partition coefficient (Wildman–Crippen LogP) is 5.93. The number of halogens is 2. The number of hydrogen-bond donors (Lipinski definition) is 0. The lowest BCUT2D eigenvalue weighted by Crippen LogP contribution is -2.01. The second-order valence-corrected chi connectivity index (χ2v) is 5.30. The Morgan fingerprint density at radius 3 is 2.00 bits per heavy atom. The van der Waals surface area contributed by atoms with E-state index in [2.05, 4.69) is 35.9 Å².